The van der Waals surface area contributed by atoms with E-state index in [1.54, 1.807) is 17.6 Å². The van der Waals surface area contributed by atoms with Crippen LogP contribution in [0.15, 0.2) is 82.3 Å². The number of para-hydroxylation sites is 1. The van der Waals surface area contributed by atoms with Gasteiger partial charge in [0.2, 0.25) is 11.0 Å². The van der Waals surface area contributed by atoms with Crippen LogP contribution in [-0.2, 0) is 6.61 Å². The number of thiazole rings is 1. The average Bonchev–Trinajstić information content (AvgIpc) is 3.46. The Kier molecular flexibility index (Phi) is 5.59. The second kappa shape index (κ2) is 8.99. The number of anilines is 1. The lowest BCUT2D eigenvalue weighted by Crippen LogP contribution is -1.96. The van der Waals surface area contributed by atoms with E-state index >= 15 is 0 Å². The van der Waals surface area contributed by atoms with Crippen molar-refractivity contribution in [3.63, 3.8) is 0 Å². The number of hydrazone groups is 1. The lowest BCUT2D eigenvalue weighted by atomic mass is 10.1. The third-order valence-corrected chi connectivity index (χ3v) is 5.62. The zero-order valence-electron chi connectivity index (χ0n) is 17.2. The third kappa shape index (κ3) is 4.65. The van der Waals surface area contributed by atoms with Gasteiger partial charge in [-0.05, 0) is 61.0 Å². The smallest absolute Gasteiger partial charge is 0.254 e. The van der Waals surface area contributed by atoms with Crippen LogP contribution in [-0.4, -0.2) is 21.4 Å². The molecular formula is C24H19N5O2S. The van der Waals surface area contributed by atoms with Crippen LogP contribution >= 0.6 is 11.3 Å². The minimum Gasteiger partial charge on any atom is -0.484 e. The number of nitrogens with zero attached hydrogens (tertiary/aromatic N) is 4. The van der Waals surface area contributed by atoms with E-state index < -0.39 is 0 Å². The van der Waals surface area contributed by atoms with Crippen LogP contribution in [0.5, 0.6) is 5.75 Å². The Morgan fingerprint density at radius 3 is 2.62 bits per heavy atom. The summed E-state index contributed by atoms with van der Waals surface area (Å²) < 4.78 is 12.6. The summed E-state index contributed by atoms with van der Waals surface area (Å²) >= 11 is 1.56. The van der Waals surface area contributed by atoms with Crippen LogP contribution in [0, 0.1) is 6.92 Å². The molecule has 0 aliphatic rings. The van der Waals surface area contributed by atoms with E-state index in [4.69, 9.17) is 9.15 Å². The first kappa shape index (κ1) is 19.9. The molecule has 0 saturated heterocycles. The van der Waals surface area contributed by atoms with E-state index in [0.717, 1.165) is 26.5 Å². The first-order valence-electron chi connectivity index (χ1n) is 10.00. The topological polar surface area (TPSA) is 85.4 Å². The second-order valence-electron chi connectivity index (χ2n) is 7.08. The first-order chi connectivity index (χ1) is 15.7. The molecule has 7 nitrogen and oxygen atoms in total. The fourth-order valence-corrected chi connectivity index (χ4v) is 3.82. The molecule has 0 aliphatic heterocycles. The van der Waals surface area contributed by atoms with Gasteiger partial charge in [0.15, 0.2) is 6.61 Å². The van der Waals surface area contributed by atoms with Gasteiger partial charge in [-0.2, -0.15) is 5.10 Å². The summed E-state index contributed by atoms with van der Waals surface area (Å²) in [5, 5.41) is 13.2. The molecule has 0 spiro atoms. The molecule has 0 radical (unpaired) electrons. The van der Waals surface area contributed by atoms with Gasteiger partial charge >= 0.3 is 0 Å². The van der Waals surface area contributed by atoms with Crippen molar-refractivity contribution in [2.75, 3.05) is 5.43 Å². The van der Waals surface area contributed by atoms with Crippen LogP contribution in [0.1, 0.15) is 17.0 Å². The summed E-state index contributed by atoms with van der Waals surface area (Å²) in [4.78, 5) is 4.49. The highest BCUT2D eigenvalue weighted by molar-refractivity contribution is 7.22. The minimum absolute atomic E-state index is 0.200. The zero-order valence-corrected chi connectivity index (χ0v) is 18.0. The van der Waals surface area contributed by atoms with Crippen LogP contribution in [0.25, 0.3) is 21.7 Å². The fraction of sp³-hybridized carbons (Fsp3) is 0.0833. The number of nitrogens with one attached hydrogen (secondary N) is 1. The first-order valence-corrected chi connectivity index (χ1v) is 10.8. The van der Waals surface area contributed by atoms with Crippen LogP contribution in [0.3, 0.4) is 0 Å². The molecule has 2 aromatic heterocycles. The minimum atomic E-state index is 0.200. The SMILES string of the molecule is Cc1ccc(-c2nnc(COc3ccc(/C=N/Nc4nc5ccccc5s4)cc3)o2)cc1. The van der Waals surface area contributed by atoms with E-state index in [9.17, 15) is 0 Å². The van der Waals surface area contributed by atoms with Gasteiger partial charge in [-0.25, -0.2) is 4.98 Å². The summed E-state index contributed by atoms with van der Waals surface area (Å²) in [6, 6.07) is 23.5. The molecule has 0 amide bonds. The number of hydrogen-bond acceptors (Lipinski definition) is 8. The van der Waals surface area contributed by atoms with Crippen molar-refractivity contribution < 1.29 is 9.15 Å². The molecule has 0 atom stereocenters. The van der Waals surface area contributed by atoms with Gasteiger partial charge < -0.3 is 9.15 Å². The van der Waals surface area contributed by atoms with E-state index in [0.29, 0.717) is 17.5 Å². The van der Waals surface area contributed by atoms with Crippen molar-refractivity contribution in [3.8, 4) is 17.2 Å². The van der Waals surface area contributed by atoms with Crippen LogP contribution in [0.4, 0.5) is 5.13 Å². The predicted molar refractivity (Wildman–Crippen MR) is 126 cm³/mol. The fourth-order valence-electron chi connectivity index (χ4n) is 3.00. The lowest BCUT2D eigenvalue weighted by Gasteiger charge is -2.03. The molecule has 0 bridgehead atoms. The molecule has 5 aromatic rings. The number of aryl methyl sites for hydroxylation is 1. The molecule has 158 valence electrons. The van der Waals surface area contributed by atoms with Crippen molar-refractivity contribution in [1.29, 1.82) is 0 Å². The van der Waals surface area contributed by atoms with E-state index in [-0.39, 0.29) is 6.61 Å². The Morgan fingerprint density at radius 2 is 1.81 bits per heavy atom. The van der Waals surface area contributed by atoms with Crippen molar-refractivity contribution in [2.24, 2.45) is 5.10 Å². The maximum absolute atomic E-state index is 5.76. The van der Waals surface area contributed by atoms with Gasteiger partial charge in [-0.15, -0.1) is 10.2 Å². The molecule has 0 fully saturated rings. The Hall–Kier alpha value is -4.04. The average molecular weight is 442 g/mol. The molecule has 8 heteroatoms. The quantitative estimate of drug-likeness (QED) is 0.258. The van der Waals surface area contributed by atoms with Crippen molar-refractivity contribution in [1.82, 2.24) is 15.2 Å². The molecular weight excluding hydrogens is 422 g/mol. The number of aromatic nitrogens is 3. The number of hydrogen-bond donors (Lipinski definition) is 1. The molecule has 0 saturated carbocycles. The van der Waals surface area contributed by atoms with Gasteiger partial charge in [0.1, 0.15) is 5.75 Å². The summed E-state index contributed by atoms with van der Waals surface area (Å²) in [5.41, 5.74) is 6.94. The van der Waals surface area contributed by atoms with Crippen LogP contribution in [0.2, 0.25) is 0 Å². The van der Waals surface area contributed by atoms with Gasteiger partial charge in [0.05, 0.1) is 16.4 Å². The number of rotatable bonds is 7. The van der Waals surface area contributed by atoms with Crippen molar-refractivity contribution in [3.05, 3.63) is 89.8 Å². The normalized spacial score (nSPS) is 11.3. The molecule has 1 N–H and O–H groups in total. The summed E-state index contributed by atoms with van der Waals surface area (Å²) in [6.07, 6.45) is 1.74. The highest BCUT2D eigenvalue weighted by Crippen LogP contribution is 2.25. The van der Waals surface area contributed by atoms with Gasteiger partial charge in [0, 0.05) is 5.56 Å². The molecule has 2 heterocycles. The monoisotopic (exact) mass is 441 g/mol. The van der Waals surface area contributed by atoms with E-state index in [1.807, 2.05) is 79.7 Å². The van der Waals surface area contributed by atoms with E-state index in [1.165, 1.54) is 5.56 Å². The summed E-state index contributed by atoms with van der Waals surface area (Å²) in [6.45, 7) is 2.23. The second-order valence-corrected chi connectivity index (χ2v) is 8.11. The molecule has 0 aliphatic carbocycles. The van der Waals surface area contributed by atoms with Crippen molar-refractivity contribution >= 4 is 32.9 Å². The van der Waals surface area contributed by atoms with E-state index in [2.05, 4.69) is 25.7 Å². The largest absolute Gasteiger partial charge is 0.484 e. The Labute approximate surface area is 188 Å². The standard InChI is InChI=1S/C24H19N5O2S/c1-16-6-10-18(11-7-16)23-28-27-22(31-23)15-30-19-12-8-17(9-13-19)14-25-29-24-26-20-4-2-3-5-21(20)32-24/h2-14H,15H2,1H3,(H,26,29)/b25-14+. The number of ether oxygens (including phenoxy) is 1. The number of benzene rings is 3. The maximum atomic E-state index is 5.76. The lowest BCUT2D eigenvalue weighted by molar-refractivity contribution is 0.264. The summed E-state index contributed by atoms with van der Waals surface area (Å²) in [7, 11) is 0. The maximum Gasteiger partial charge on any atom is 0.254 e. The molecule has 0 unspecified atom stereocenters. The summed E-state index contributed by atoms with van der Waals surface area (Å²) in [5.74, 6) is 1.61. The number of fused-ring (bicyclic) bond motifs is 1. The van der Waals surface area contributed by atoms with Gasteiger partial charge in [-0.1, -0.05) is 41.2 Å². The van der Waals surface area contributed by atoms with Gasteiger partial charge in [-0.3, -0.25) is 5.43 Å². The Balaban J connectivity index is 1.15. The third-order valence-electron chi connectivity index (χ3n) is 4.68. The Morgan fingerprint density at radius 1 is 1.00 bits per heavy atom. The van der Waals surface area contributed by atoms with Crippen LogP contribution < -0.4 is 10.2 Å². The van der Waals surface area contributed by atoms with Gasteiger partial charge in [0.25, 0.3) is 5.89 Å². The zero-order chi connectivity index (χ0) is 21.8. The predicted octanol–water partition coefficient (Wildman–Crippen LogP) is 5.68. The Bertz CT molecular complexity index is 1320. The molecule has 3 aromatic carbocycles. The molecule has 5 rings (SSSR count). The highest BCUT2D eigenvalue weighted by atomic mass is 32.1. The highest BCUT2D eigenvalue weighted by Gasteiger charge is 2.09. The van der Waals surface area contributed by atoms with Crippen molar-refractivity contribution in [2.45, 2.75) is 13.5 Å². The molecule has 32 heavy (non-hydrogen) atoms.